The van der Waals surface area contributed by atoms with Crippen LogP contribution in [0.5, 0.6) is 0 Å². The summed E-state index contributed by atoms with van der Waals surface area (Å²) in [4.78, 5) is 0. The van der Waals surface area contributed by atoms with E-state index in [1.54, 1.807) is 141 Å². The van der Waals surface area contributed by atoms with Gasteiger partial charge in [0.1, 0.15) is 0 Å². The first kappa shape index (κ1) is 38.1. The Labute approximate surface area is 369 Å². The van der Waals surface area contributed by atoms with E-state index >= 15 is 0 Å². The van der Waals surface area contributed by atoms with Gasteiger partial charge in [0, 0.05) is 0 Å². The fourth-order valence-corrected chi connectivity index (χ4v) is 30.6. The van der Waals surface area contributed by atoms with Crippen molar-refractivity contribution >= 4 is 0 Å². The van der Waals surface area contributed by atoms with Gasteiger partial charge in [-0.05, 0) is 302 Å². The second kappa shape index (κ2) is 10.6. The number of hydrogen-bond acceptors (Lipinski definition) is 0. The average molecular weight is 813 g/mol. The minimum atomic E-state index is 0.335. The van der Waals surface area contributed by atoms with E-state index in [0.717, 1.165) is 100 Å². The molecule has 0 aliphatic heterocycles. The lowest BCUT2D eigenvalue weighted by Gasteiger charge is -2.92. The molecule has 14 atom stereocenters. The average Bonchev–Trinajstić information content (AvgIpc) is 3.12. The van der Waals surface area contributed by atoms with E-state index in [2.05, 4.69) is 69.2 Å². The molecule has 0 aromatic heterocycles. The van der Waals surface area contributed by atoms with Gasteiger partial charge in [-0.2, -0.15) is 0 Å². The molecule has 20 fully saturated rings. The molecule has 20 bridgehead atoms. The molecule has 0 nitrogen and oxygen atoms in total. The summed E-state index contributed by atoms with van der Waals surface area (Å²) < 4.78 is 0. The van der Waals surface area contributed by atoms with Crippen LogP contribution in [-0.4, -0.2) is 0 Å². The largest absolute Gasteiger partial charge is 0.0614 e. The molecule has 0 saturated heterocycles. The van der Waals surface area contributed by atoms with Gasteiger partial charge in [-0.1, -0.05) is 69.2 Å². The van der Waals surface area contributed by atoms with Crippen LogP contribution in [0.1, 0.15) is 217 Å². The molecule has 332 valence electrons. The summed E-state index contributed by atoms with van der Waals surface area (Å²) in [5.41, 5.74) is 5.24. The van der Waals surface area contributed by atoms with E-state index in [0.29, 0.717) is 54.1 Å². The minimum absolute atomic E-state index is 0.335. The van der Waals surface area contributed by atoms with Crippen LogP contribution in [0, 0.1) is 154 Å². The van der Waals surface area contributed by atoms with Gasteiger partial charge in [0.15, 0.2) is 0 Å². The first-order valence-corrected chi connectivity index (χ1v) is 28.2. The third-order valence-electron chi connectivity index (χ3n) is 31.0. The van der Waals surface area contributed by atoms with Gasteiger partial charge in [-0.15, -0.1) is 0 Å². The lowest BCUT2D eigenvalue weighted by Crippen LogP contribution is -2.87. The molecule has 0 amide bonds. The fraction of sp³-hybridized carbons (Fsp3) is 1.00. The molecule has 0 spiro atoms. The van der Waals surface area contributed by atoms with Gasteiger partial charge in [0.2, 0.25) is 0 Å². The lowest BCUT2D eigenvalue weighted by atomic mass is 9.11. The van der Waals surface area contributed by atoms with Gasteiger partial charge >= 0.3 is 0 Å². The molecule has 0 heterocycles. The topological polar surface area (TPSA) is 0 Å². The molecule has 0 N–H and O–H groups in total. The van der Waals surface area contributed by atoms with Gasteiger partial charge in [-0.3, -0.25) is 0 Å². The second-order valence-corrected chi connectivity index (χ2v) is 32.2. The molecule has 0 heteroatoms. The Morgan fingerprint density at radius 2 is 0.700 bits per heavy atom. The zero-order chi connectivity index (χ0) is 41.0. The fourth-order valence-electron chi connectivity index (χ4n) is 30.6. The van der Waals surface area contributed by atoms with Crippen LogP contribution in [0.4, 0.5) is 0 Å². The van der Waals surface area contributed by atoms with E-state index < -0.39 is 0 Å². The maximum absolute atomic E-state index is 3.00. The molecule has 20 saturated carbocycles. The molecule has 20 aliphatic rings. The molecule has 20 rings (SSSR count). The molecule has 60 heavy (non-hydrogen) atoms. The van der Waals surface area contributed by atoms with Crippen molar-refractivity contribution in [3.05, 3.63) is 0 Å². The molecule has 14 unspecified atom stereocenters. The van der Waals surface area contributed by atoms with Crippen LogP contribution >= 0.6 is 0 Å². The van der Waals surface area contributed by atoms with Crippen LogP contribution in [0.15, 0.2) is 0 Å². The summed E-state index contributed by atoms with van der Waals surface area (Å²) in [5.74, 6) is 17.1. The molecular weight excluding hydrogens is 721 g/mol. The smallest absolute Gasteiger partial charge is 0.0145 e. The van der Waals surface area contributed by atoms with Crippen molar-refractivity contribution in [1.82, 2.24) is 0 Å². The van der Waals surface area contributed by atoms with Crippen LogP contribution in [0.25, 0.3) is 0 Å². The highest BCUT2D eigenvalue weighted by molar-refractivity contribution is 5.38. The predicted molar refractivity (Wildman–Crippen MR) is 246 cm³/mol. The zero-order valence-corrected chi connectivity index (χ0v) is 41.0. The van der Waals surface area contributed by atoms with Crippen LogP contribution in [0.3, 0.4) is 0 Å². The summed E-state index contributed by atoms with van der Waals surface area (Å²) in [7, 11) is 0. The van der Waals surface area contributed by atoms with Crippen molar-refractivity contribution in [3.63, 3.8) is 0 Å². The van der Waals surface area contributed by atoms with E-state index in [4.69, 9.17) is 0 Å². The SMILES string of the molecule is CC1C2(C)CC3(C)C(C)(C)C(C)(CC1(C14CC5CC(CC(C5)C1C15CC6CC(CC(C6)C1C16CC7CC(CC(C7)C1C17CC8CC(CC(C8)C1)C7)C6)C5)C4)C3(C)C)C2(C)C. The monoisotopic (exact) mass is 813 g/mol. The van der Waals surface area contributed by atoms with Crippen molar-refractivity contribution in [2.45, 2.75) is 217 Å². The Morgan fingerprint density at radius 3 is 1.17 bits per heavy atom. The van der Waals surface area contributed by atoms with Crippen molar-refractivity contribution in [2.24, 2.45) is 154 Å². The maximum atomic E-state index is 3.00. The number of hydrogen-bond donors (Lipinski definition) is 0. The highest BCUT2D eigenvalue weighted by atomic mass is 14.9. The Bertz CT molecular complexity index is 1840. The lowest BCUT2D eigenvalue weighted by molar-refractivity contribution is -0.449. The standard InChI is InChI=1S/C60H92/c1-34-53(8)32-54(9)51(4,5)55(10,50(53,2)3)33-60(34,52(54,6)7)59-30-42-16-43(31-59)22-46(21-42)49(59)58-28-40-15-41(29-58)20-45(19-40)48(58)57-26-38-14-39(27-57)18-44(17-38)47(57)56-23-35-11-36(24-56)13-37(12-35)25-56/h34-49H,11-33H2,1-10H3. The Kier molecular flexibility index (Phi) is 6.72. The van der Waals surface area contributed by atoms with Gasteiger partial charge < -0.3 is 0 Å². The summed E-state index contributed by atoms with van der Waals surface area (Å²) in [6.45, 7) is 29.1. The molecular formula is C60H92. The van der Waals surface area contributed by atoms with E-state index in [1.807, 2.05) is 0 Å². The Hall–Kier alpha value is 0. The van der Waals surface area contributed by atoms with E-state index in [9.17, 15) is 0 Å². The highest BCUT2D eigenvalue weighted by Gasteiger charge is 2.90. The minimum Gasteiger partial charge on any atom is -0.0614 e. The van der Waals surface area contributed by atoms with Gasteiger partial charge in [0.25, 0.3) is 0 Å². The Morgan fingerprint density at radius 1 is 0.333 bits per heavy atom. The highest BCUT2D eigenvalue weighted by Crippen LogP contribution is 2.96. The maximum Gasteiger partial charge on any atom is -0.0145 e. The third-order valence-corrected chi connectivity index (χ3v) is 31.0. The molecule has 0 aromatic rings. The zero-order valence-electron chi connectivity index (χ0n) is 41.0. The van der Waals surface area contributed by atoms with Gasteiger partial charge in [-0.25, -0.2) is 0 Å². The summed E-state index contributed by atoms with van der Waals surface area (Å²) >= 11 is 0. The normalized spacial score (nSPS) is 68.9. The van der Waals surface area contributed by atoms with E-state index in [1.165, 1.54) is 6.42 Å². The molecule has 0 aromatic carbocycles. The van der Waals surface area contributed by atoms with Crippen LogP contribution in [-0.2, 0) is 0 Å². The predicted octanol–water partition coefficient (Wildman–Crippen LogP) is 16.1. The summed E-state index contributed by atoms with van der Waals surface area (Å²) in [5, 5.41) is 0. The quantitative estimate of drug-likeness (QED) is 0.265. The second-order valence-electron chi connectivity index (χ2n) is 32.2. The Balaban J connectivity index is 0.970. The van der Waals surface area contributed by atoms with Crippen molar-refractivity contribution in [1.29, 1.82) is 0 Å². The van der Waals surface area contributed by atoms with Crippen molar-refractivity contribution in [3.8, 4) is 0 Å². The van der Waals surface area contributed by atoms with Crippen molar-refractivity contribution in [2.75, 3.05) is 0 Å². The van der Waals surface area contributed by atoms with Crippen LogP contribution < -0.4 is 0 Å². The summed E-state index contributed by atoms with van der Waals surface area (Å²) in [6.07, 6.45) is 38.2. The van der Waals surface area contributed by atoms with Crippen LogP contribution in [0.2, 0.25) is 0 Å². The number of rotatable bonds is 4. The van der Waals surface area contributed by atoms with Gasteiger partial charge in [0.05, 0.1) is 0 Å². The first-order valence-electron chi connectivity index (χ1n) is 28.2. The summed E-state index contributed by atoms with van der Waals surface area (Å²) in [6, 6.07) is 0. The van der Waals surface area contributed by atoms with Crippen molar-refractivity contribution < 1.29 is 0 Å². The van der Waals surface area contributed by atoms with E-state index in [-0.39, 0.29) is 0 Å². The molecule has 20 aliphatic carbocycles. The third kappa shape index (κ3) is 3.62. The molecule has 0 radical (unpaired) electrons. The first-order chi connectivity index (χ1) is 28.2.